The first kappa shape index (κ1) is 16.1. The van der Waals surface area contributed by atoms with E-state index < -0.39 is 0 Å². The van der Waals surface area contributed by atoms with E-state index in [1.54, 1.807) is 29.0 Å². The van der Waals surface area contributed by atoms with Gasteiger partial charge in [0.15, 0.2) is 5.65 Å². The van der Waals surface area contributed by atoms with Crippen LogP contribution in [0.25, 0.3) is 5.65 Å². The molecule has 1 aliphatic rings. The number of urea groups is 1. The Morgan fingerprint density at radius 2 is 2.19 bits per heavy atom. The molecule has 0 unspecified atom stereocenters. The Labute approximate surface area is 148 Å². The number of ether oxygens (including phenoxy) is 1. The minimum atomic E-state index is -0.375. The van der Waals surface area contributed by atoms with E-state index in [0.29, 0.717) is 41.6 Å². The molecule has 3 heterocycles. The van der Waals surface area contributed by atoms with Gasteiger partial charge >= 0.3 is 6.03 Å². The molecule has 8 nitrogen and oxygen atoms in total. The molecule has 2 amide bonds. The summed E-state index contributed by atoms with van der Waals surface area (Å²) < 4.78 is 21.0. The van der Waals surface area contributed by atoms with E-state index in [1.807, 2.05) is 11.9 Å². The number of aromatic nitrogens is 3. The SMILES string of the molecule is CN1Cc2cc(F)ccc2OCCNC(=O)Nc2cnn3ccc1nc23. The summed E-state index contributed by atoms with van der Waals surface area (Å²) in [5, 5.41) is 9.61. The van der Waals surface area contributed by atoms with Crippen molar-refractivity contribution in [3.63, 3.8) is 0 Å². The maximum absolute atomic E-state index is 13.7. The summed E-state index contributed by atoms with van der Waals surface area (Å²) in [6.07, 6.45) is 3.30. The number of hydrogen-bond donors (Lipinski definition) is 2. The quantitative estimate of drug-likeness (QED) is 0.644. The van der Waals surface area contributed by atoms with Gasteiger partial charge in [0.1, 0.15) is 29.7 Å². The maximum Gasteiger partial charge on any atom is 0.319 e. The number of carbonyl (C=O) groups excluding carboxylic acids is 1. The highest BCUT2D eigenvalue weighted by molar-refractivity contribution is 5.93. The Morgan fingerprint density at radius 3 is 3.08 bits per heavy atom. The van der Waals surface area contributed by atoms with Crippen LogP contribution in [-0.4, -0.2) is 40.8 Å². The molecule has 0 spiro atoms. The van der Waals surface area contributed by atoms with Crippen molar-refractivity contribution in [2.24, 2.45) is 0 Å². The number of fused-ring (bicyclic) bond motifs is 2. The van der Waals surface area contributed by atoms with Crippen LogP contribution in [0.2, 0.25) is 0 Å². The number of hydrogen-bond acceptors (Lipinski definition) is 5. The topological polar surface area (TPSA) is 83.8 Å². The fraction of sp³-hybridized carbons (Fsp3) is 0.235. The normalized spacial score (nSPS) is 15.0. The molecule has 0 saturated heterocycles. The summed E-state index contributed by atoms with van der Waals surface area (Å²) in [6, 6.07) is 5.82. The highest BCUT2D eigenvalue weighted by atomic mass is 19.1. The second kappa shape index (κ2) is 6.51. The first-order chi connectivity index (χ1) is 12.6. The van der Waals surface area contributed by atoms with Crippen molar-refractivity contribution in [2.45, 2.75) is 6.54 Å². The Hall–Kier alpha value is -3.36. The minimum absolute atomic E-state index is 0.267. The van der Waals surface area contributed by atoms with Crippen LogP contribution >= 0.6 is 0 Å². The monoisotopic (exact) mass is 356 g/mol. The van der Waals surface area contributed by atoms with Crippen molar-refractivity contribution in [3.05, 3.63) is 48.0 Å². The van der Waals surface area contributed by atoms with Gasteiger partial charge in [0.05, 0.1) is 12.7 Å². The molecular formula is C17H17FN6O2. The number of amides is 2. The van der Waals surface area contributed by atoms with Gasteiger partial charge in [-0.05, 0) is 24.3 Å². The molecule has 0 fully saturated rings. The Bertz CT molecular complexity index is 973. The lowest BCUT2D eigenvalue weighted by Gasteiger charge is -2.21. The van der Waals surface area contributed by atoms with Crippen LogP contribution in [0.4, 0.5) is 20.7 Å². The molecule has 0 radical (unpaired) electrons. The molecule has 0 atom stereocenters. The average Bonchev–Trinajstić information content (AvgIpc) is 3.01. The highest BCUT2D eigenvalue weighted by Crippen LogP contribution is 2.24. The lowest BCUT2D eigenvalue weighted by atomic mass is 10.2. The molecule has 4 rings (SSSR count). The van der Waals surface area contributed by atoms with E-state index in [1.165, 1.54) is 12.1 Å². The van der Waals surface area contributed by atoms with Crippen LogP contribution in [0.5, 0.6) is 5.75 Å². The van der Waals surface area contributed by atoms with Crippen LogP contribution < -0.4 is 20.3 Å². The van der Waals surface area contributed by atoms with Gasteiger partial charge in [0.2, 0.25) is 0 Å². The summed E-state index contributed by atoms with van der Waals surface area (Å²) in [5.41, 5.74) is 1.73. The van der Waals surface area contributed by atoms with Gasteiger partial charge in [-0.2, -0.15) is 5.10 Å². The van der Waals surface area contributed by atoms with Gasteiger partial charge in [-0.1, -0.05) is 0 Å². The zero-order chi connectivity index (χ0) is 18.1. The third kappa shape index (κ3) is 3.10. The predicted molar refractivity (Wildman–Crippen MR) is 94.0 cm³/mol. The van der Waals surface area contributed by atoms with Gasteiger partial charge in [-0.3, -0.25) is 0 Å². The Balaban J connectivity index is 1.76. The Kier molecular flexibility index (Phi) is 4.04. The molecule has 3 aromatic rings. The molecule has 9 heteroatoms. The summed E-state index contributed by atoms with van der Waals surface area (Å²) in [6.45, 7) is 0.985. The molecular weight excluding hydrogens is 339 g/mol. The second-order valence-electron chi connectivity index (χ2n) is 5.95. The van der Waals surface area contributed by atoms with Gasteiger partial charge in [-0.25, -0.2) is 18.7 Å². The van der Waals surface area contributed by atoms with Crippen molar-refractivity contribution in [3.8, 4) is 5.75 Å². The first-order valence-electron chi connectivity index (χ1n) is 8.12. The lowest BCUT2D eigenvalue weighted by Crippen LogP contribution is -2.32. The zero-order valence-electron chi connectivity index (χ0n) is 14.1. The second-order valence-corrected chi connectivity index (χ2v) is 5.95. The van der Waals surface area contributed by atoms with Crippen LogP contribution in [-0.2, 0) is 6.54 Å². The zero-order valence-corrected chi connectivity index (χ0v) is 14.1. The summed E-state index contributed by atoms with van der Waals surface area (Å²) in [5.74, 6) is 0.901. The molecule has 134 valence electrons. The summed E-state index contributed by atoms with van der Waals surface area (Å²) in [4.78, 5) is 18.5. The van der Waals surface area contributed by atoms with E-state index in [2.05, 4.69) is 20.7 Å². The van der Waals surface area contributed by atoms with Crippen LogP contribution in [0.1, 0.15) is 5.56 Å². The van der Waals surface area contributed by atoms with Crippen molar-refractivity contribution >= 4 is 23.2 Å². The van der Waals surface area contributed by atoms with E-state index in [4.69, 9.17) is 4.74 Å². The average molecular weight is 356 g/mol. The van der Waals surface area contributed by atoms with E-state index in [9.17, 15) is 9.18 Å². The molecule has 2 N–H and O–H groups in total. The van der Waals surface area contributed by atoms with Crippen LogP contribution in [0.15, 0.2) is 36.7 Å². The lowest BCUT2D eigenvalue weighted by molar-refractivity contribution is 0.247. The number of carbonyl (C=O) groups is 1. The molecule has 26 heavy (non-hydrogen) atoms. The van der Waals surface area contributed by atoms with Crippen LogP contribution in [0.3, 0.4) is 0 Å². The summed E-state index contributed by atoms with van der Waals surface area (Å²) in [7, 11) is 1.86. The molecule has 1 aliphatic heterocycles. The van der Waals surface area contributed by atoms with Gasteiger partial charge in [0.25, 0.3) is 0 Å². The van der Waals surface area contributed by atoms with Gasteiger partial charge < -0.3 is 20.3 Å². The van der Waals surface area contributed by atoms with E-state index in [0.717, 1.165) is 0 Å². The smallest absolute Gasteiger partial charge is 0.319 e. The largest absolute Gasteiger partial charge is 0.491 e. The van der Waals surface area contributed by atoms with Crippen molar-refractivity contribution in [2.75, 3.05) is 30.4 Å². The maximum atomic E-state index is 13.7. The third-order valence-corrected chi connectivity index (χ3v) is 4.07. The minimum Gasteiger partial charge on any atom is -0.491 e. The molecule has 0 saturated carbocycles. The first-order valence-corrected chi connectivity index (χ1v) is 8.12. The number of anilines is 2. The number of nitrogens with one attached hydrogen (secondary N) is 2. The number of rotatable bonds is 0. The van der Waals surface area contributed by atoms with Gasteiger partial charge in [-0.15, -0.1) is 0 Å². The highest BCUT2D eigenvalue weighted by Gasteiger charge is 2.15. The molecule has 0 aliphatic carbocycles. The fourth-order valence-corrected chi connectivity index (χ4v) is 2.80. The number of halogens is 1. The van der Waals surface area contributed by atoms with Crippen molar-refractivity contribution < 1.29 is 13.9 Å². The van der Waals surface area contributed by atoms with Crippen LogP contribution in [0, 0.1) is 5.82 Å². The third-order valence-electron chi connectivity index (χ3n) is 4.07. The molecule has 2 aromatic heterocycles. The molecule has 2 bridgehead atoms. The Morgan fingerprint density at radius 1 is 1.31 bits per heavy atom. The number of nitrogens with zero attached hydrogens (tertiary/aromatic N) is 4. The fourth-order valence-electron chi connectivity index (χ4n) is 2.80. The molecule has 1 aromatic carbocycles. The van der Waals surface area contributed by atoms with Gasteiger partial charge in [0, 0.05) is 25.4 Å². The van der Waals surface area contributed by atoms with E-state index >= 15 is 0 Å². The van der Waals surface area contributed by atoms with Crippen molar-refractivity contribution in [1.82, 2.24) is 19.9 Å². The summed E-state index contributed by atoms with van der Waals surface area (Å²) >= 11 is 0. The van der Waals surface area contributed by atoms with Crippen molar-refractivity contribution in [1.29, 1.82) is 0 Å². The predicted octanol–water partition coefficient (Wildman–Crippen LogP) is 2.02. The van der Waals surface area contributed by atoms with E-state index in [-0.39, 0.29) is 18.5 Å². The standard InChI is InChI=1S/C17H17FN6O2/c1-23-10-11-8-12(18)2-3-14(11)26-7-5-19-17(25)21-13-9-20-24-6-4-15(23)22-16(13)24/h2-4,6,8-9H,5,7,10H2,1H3,(H2,19,21,25). The number of benzene rings is 1.